The normalized spacial score (nSPS) is 13.5. The number of carbonyl (C=O) groups excluding carboxylic acids is 2. The Hall–Kier alpha value is -2.84. The first-order valence-corrected chi connectivity index (χ1v) is 11.8. The van der Waals surface area contributed by atoms with Gasteiger partial charge in [-0.2, -0.15) is 0 Å². The zero-order chi connectivity index (χ0) is 24.4. The van der Waals surface area contributed by atoms with Crippen LogP contribution in [0.1, 0.15) is 0 Å². The van der Waals surface area contributed by atoms with Gasteiger partial charge in [-0.15, -0.1) is 0 Å². The number of imide groups is 1. The van der Waals surface area contributed by atoms with Crippen molar-refractivity contribution in [1.29, 1.82) is 0 Å². The summed E-state index contributed by atoms with van der Waals surface area (Å²) < 4.78 is 10.7. The minimum atomic E-state index is -0.558. The largest absolute Gasteiger partial charge is 0.497 e. The molecular formula is C24H17Cl3N2O4S. The van der Waals surface area contributed by atoms with Crippen LogP contribution in [0, 0.1) is 0 Å². The summed E-state index contributed by atoms with van der Waals surface area (Å²) in [7, 11) is 3.04. The molecule has 6 nitrogen and oxygen atoms in total. The quantitative estimate of drug-likeness (QED) is 0.342. The van der Waals surface area contributed by atoms with E-state index in [1.54, 1.807) is 49.6 Å². The molecule has 2 amide bonds. The third-order valence-electron chi connectivity index (χ3n) is 4.85. The molecule has 1 N–H and O–H groups in total. The number of hydrogen-bond donors (Lipinski definition) is 1. The van der Waals surface area contributed by atoms with Gasteiger partial charge in [0.25, 0.3) is 11.8 Å². The summed E-state index contributed by atoms with van der Waals surface area (Å²) >= 11 is 19.4. The summed E-state index contributed by atoms with van der Waals surface area (Å²) in [5.41, 5.74) is 0.837. The van der Waals surface area contributed by atoms with Crippen LogP contribution in [0.2, 0.25) is 15.1 Å². The van der Waals surface area contributed by atoms with Crippen LogP contribution in [0.25, 0.3) is 0 Å². The molecule has 0 fully saturated rings. The van der Waals surface area contributed by atoms with Crippen molar-refractivity contribution in [2.75, 3.05) is 24.4 Å². The summed E-state index contributed by atoms with van der Waals surface area (Å²) in [5, 5.41) is 4.23. The van der Waals surface area contributed by atoms with E-state index in [0.29, 0.717) is 32.3 Å². The highest BCUT2D eigenvalue weighted by molar-refractivity contribution is 8.04. The summed E-state index contributed by atoms with van der Waals surface area (Å²) in [5.74, 6) is -0.0562. The second-order valence-electron chi connectivity index (χ2n) is 7.02. The molecular weight excluding hydrogens is 519 g/mol. The van der Waals surface area contributed by atoms with Crippen LogP contribution in [-0.4, -0.2) is 26.0 Å². The number of nitrogens with one attached hydrogen (secondary N) is 1. The van der Waals surface area contributed by atoms with Crippen LogP contribution in [-0.2, 0) is 9.59 Å². The van der Waals surface area contributed by atoms with Gasteiger partial charge in [0.2, 0.25) is 0 Å². The van der Waals surface area contributed by atoms with Crippen LogP contribution in [0.3, 0.4) is 0 Å². The number of benzene rings is 3. The summed E-state index contributed by atoms with van der Waals surface area (Å²) in [6.45, 7) is 0. The smallest absolute Gasteiger partial charge is 0.283 e. The fourth-order valence-corrected chi connectivity index (χ4v) is 4.84. The number of hydrogen-bond acceptors (Lipinski definition) is 6. The number of carbonyl (C=O) groups is 2. The van der Waals surface area contributed by atoms with Crippen molar-refractivity contribution >= 4 is 69.8 Å². The topological polar surface area (TPSA) is 67.9 Å². The first kappa shape index (κ1) is 24.3. The van der Waals surface area contributed by atoms with Gasteiger partial charge in [0.1, 0.15) is 22.1 Å². The number of rotatable bonds is 7. The van der Waals surface area contributed by atoms with Gasteiger partial charge in [-0.1, -0.05) is 46.6 Å². The highest BCUT2D eigenvalue weighted by Crippen LogP contribution is 2.40. The molecule has 0 spiro atoms. The molecule has 1 aliphatic heterocycles. The molecule has 0 aromatic heterocycles. The third-order valence-corrected chi connectivity index (χ3v) is 6.63. The molecule has 174 valence electrons. The second kappa shape index (κ2) is 10.2. The number of nitrogens with zero attached hydrogens (tertiary/aromatic N) is 1. The lowest BCUT2D eigenvalue weighted by molar-refractivity contribution is -0.120. The molecule has 3 aromatic carbocycles. The maximum Gasteiger partial charge on any atom is 0.283 e. The minimum absolute atomic E-state index is 0.0875. The number of ether oxygens (including phenoxy) is 2. The lowest BCUT2D eigenvalue weighted by Gasteiger charge is -2.16. The Balaban J connectivity index is 1.78. The van der Waals surface area contributed by atoms with Crippen LogP contribution >= 0.6 is 46.6 Å². The average Bonchev–Trinajstić information content (AvgIpc) is 3.04. The zero-order valence-corrected chi connectivity index (χ0v) is 21.0. The molecule has 0 unspecified atom stereocenters. The van der Waals surface area contributed by atoms with Crippen LogP contribution < -0.4 is 19.7 Å². The van der Waals surface area contributed by atoms with E-state index in [4.69, 9.17) is 44.3 Å². The van der Waals surface area contributed by atoms with E-state index in [2.05, 4.69) is 5.32 Å². The molecule has 34 heavy (non-hydrogen) atoms. The Morgan fingerprint density at radius 2 is 1.47 bits per heavy atom. The summed E-state index contributed by atoms with van der Waals surface area (Å²) in [6, 6.07) is 16.6. The fraction of sp³-hybridized carbons (Fsp3) is 0.0833. The predicted octanol–water partition coefficient (Wildman–Crippen LogP) is 6.65. The van der Waals surface area contributed by atoms with E-state index in [-0.39, 0.29) is 16.3 Å². The first-order valence-electron chi connectivity index (χ1n) is 9.82. The summed E-state index contributed by atoms with van der Waals surface area (Å²) in [4.78, 5) is 29.0. The van der Waals surface area contributed by atoms with Gasteiger partial charge in [0.05, 0.1) is 25.6 Å². The Kier molecular flexibility index (Phi) is 7.28. The van der Waals surface area contributed by atoms with E-state index in [1.165, 1.54) is 25.3 Å². The molecule has 4 rings (SSSR count). The zero-order valence-electron chi connectivity index (χ0n) is 17.9. The standard InChI is InChI=1S/C24H17Cl3N2O4S/c1-32-17-5-8-19(20(12-17)33-2)28-21-22(34-18-6-3-13(25)4-7-18)24(31)29(23(21)30)16-10-14(26)9-15(27)11-16/h3-12,28H,1-2H3. The molecule has 10 heteroatoms. The highest BCUT2D eigenvalue weighted by atomic mass is 35.5. The van der Waals surface area contributed by atoms with Crippen molar-refractivity contribution in [3.8, 4) is 11.5 Å². The number of halogens is 3. The fourth-order valence-electron chi connectivity index (χ4n) is 3.27. The predicted molar refractivity (Wildman–Crippen MR) is 136 cm³/mol. The number of anilines is 2. The average molecular weight is 536 g/mol. The van der Waals surface area contributed by atoms with Crippen LogP contribution in [0.4, 0.5) is 11.4 Å². The highest BCUT2D eigenvalue weighted by Gasteiger charge is 2.40. The van der Waals surface area contributed by atoms with Gasteiger partial charge in [0.15, 0.2) is 0 Å². The van der Waals surface area contributed by atoms with E-state index in [9.17, 15) is 9.59 Å². The van der Waals surface area contributed by atoms with Crippen molar-refractivity contribution in [3.05, 3.63) is 86.3 Å². The molecule has 0 aliphatic carbocycles. The van der Waals surface area contributed by atoms with E-state index in [0.717, 1.165) is 21.6 Å². The van der Waals surface area contributed by atoms with Gasteiger partial charge in [-0.25, -0.2) is 4.90 Å². The van der Waals surface area contributed by atoms with Crippen LogP contribution in [0.15, 0.2) is 76.2 Å². The molecule has 3 aromatic rings. The Morgan fingerprint density at radius 3 is 2.09 bits per heavy atom. The van der Waals surface area contributed by atoms with Crippen LogP contribution in [0.5, 0.6) is 11.5 Å². The lowest BCUT2D eigenvalue weighted by atomic mass is 10.2. The molecule has 0 saturated carbocycles. The Bertz CT molecular complexity index is 1290. The number of methoxy groups -OCH3 is 2. The minimum Gasteiger partial charge on any atom is -0.497 e. The number of amides is 2. The SMILES string of the molecule is COc1ccc(NC2=C(Sc3ccc(Cl)cc3)C(=O)N(c3cc(Cl)cc(Cl)c3)C2=O)c(OC)c1. The van der Waals surface area contributed by atoms with Crippen molar-refractivity contribution in [1.82, 2.24) is 0 Å². The maximum absolute atomic E-state index is 13.5. The first-order chi connectivity index (χ1) is 16.3. The summed E-state index contributed by atoms with van der Waals surface area (Å²) in [6.07, 6.45) is 0. The molecule has 0 bridgehead atoms. The molecule has 0 atom stereocenters. The van der Waals surface area contributed by atoms with Crippen molar-refractivity contribution < 1.29 is 19.1 Å². The van der Waals surface area contributed by atoms with E-state index >= 15 is 0 Å². The Labute approximate surface area is 215 Å². The second-order valence-corrected chi connectivity index (χ2v) is 9.42. The maximum atomic E-state index is 13.5. The van der Waals surface area contributed by atoms with Crippen molar-refractivity contribution in [2.45, 2.75) is 4.90 Å². The van der Waals surface area contributed by atoms with Crippen molar-refractivity contribution in [3.63, 3.8) is 0 Å². The molecule has 0 saturated heterocycles. The lowest BCUT2D eigenvalue weighted by Crippen LogP contribution is -2.32. The number of thioether (sulfide) groups is 1. The van der Waals surface area contributed by atoms with Crippen molar-refractivity contribution in [2.24, 2.45) is 0 Å². The molecule has 1 heterocycles. The van der Waals surface area contributed by atoms with E-state index < -0.39 is 11.8 Å². The Morgan fingerprint density at radius 1 is 0.794 bits per heavy atom. The van der Waals surface area contributed by atoms with Gasteiger partial charge in [-0.3, -0.25) is 9.59 Å². The van der Waals surface area contributed by atoms with Gasteiger partial charge in [0, 0.05) is 26.0 Å². The monoisotopic (exact) mass is 534 g/mol. The molecule has 1 aliphatic rings. The van der Waals surface area contributed by atoms with Gasteiger partial charge < -0.3 is 14.8 Å². The third kappa shape index (κ3) is 4.98. The van der Waals surface area contributed by atoms with Gasteiger partial charge in [-0.05, 0) is 54.6 Å². The van der Waals surface area contributed by atoms with Gasteiger partial charge >= 0.3 is 0 Å². The van der Waals surface area contributed by atoms with E-state index in [1.807, 2.05) is 0 Å². The molecule has 0 radical (unpaired) electrons.